The van der Waals surface area contributed by atoms with E-state index in [0.717, 1.165) is 29.8 Å². The Morgan fingerprint density at radius 1 is 0.941 bits per heavy atom. The third kappa shape index (κ3) is 3.45. The summed E-state index contributed by atoms with van der Waals surface area (Å²) in [6, 6.07) is 17.5. The fourth-order valence-corrected chi connectivity index (χ4v) is 1.61. The van der Waals surface area contributed by atoms with Crippen LogP contribution in [0, 0.1) is 0 Å². The predicted octanol–water partition coefficient (Wildman–Crippen LogP) is 3.61. The molecule has 0 unspecified atom stereocenters. The van der Waals surface area contributed by atoms with Gasteiger partial charge in [0, 0.05) is 6.42 Å². The molecule has 0 spiro atoms. The van der Waals surface area contributed by atoms with E-state index in [2.05, 4.69) is 0 Å². The first kappa shape index (κ1) is 11.4. The molecule has 0 aliphatic heterocycles. The summed E-state index contributed by atoms with van der Waals surface area (Å²) < 4.78 is 5.71. The standard InChI is InChI=1S/C15H14O2/c16-11-5-7-13-6-4-10-15(12-13)17-14-8-2-1-3-9-14/h1-4,6,8-12H,5,7H2. The Morgan fingerprint density at radius 3 is 2.47 bits per heavy atom. The molecule has 0 saturated carbocycles. The average Bonchev–Trinajstić information content (AvgIpc) is 2.38. The van der Waals surface area contributed by atoms with Gasteiger partial charge >= 0.3 is 0 Å². The molecule has 0 saturated heterocycles. The number of rotatable bonds is 5. The molecule has 2 rings (SSSR count). The van der Waals surface area contributed by atoms with Gasteiger partial charge in [0.1, 0.15) is 17.8 Å². The summed E-state index contributed by atoms with van der Waals surface area (Å²) in [5.74, 6) is 1.62. The van der Waals surface area contributed by atoms with Crippen molar-refractivity contribution in [2.45, 2.75) is 12.8 Å². The highest BCUT2D eigenvalue weighted by Crippen LogP contribution is 2.22. The Kier molecular flexibility index (Phi) is 3.92. The highest BCUT2D eigenvalue weighted by molar-refractivity contribution is 5.50. The molecular weight excluding hydrogens is 212 g/mol. The third-order valence-electron chi connectivity index (χ3n) is 2.43. The van der Waals surface area contributed by atoms with Gasteiger partial charge in [0.25, 0.3) is 0 Å². The second kappa shape index (κ2) is 5.85. The molecule has 0 atom stereocenters. The van der Waals surface area contributed by atoms with Crippen LogP contribution in [-0.4, -0.2) is 6.29 Å². The maximum atomic E-state index is 10.3. The number of carbonyl (C=O) groups excluding carboxylic acids is 1. The lowest BCUT2D eigenvalue weighted by Gasteiger charge is -2.06. The van der Waals surface area contributed by atoms with Crippen LogP contribution < -0.4 is 4.74 Å². The number of carbonyl (C=O) groups is 1. The van der Waals surface area contributed by atoms with E-state index in [1.54, 1.807) is 0 Å². The van der Waals surface area contributed by atoms with Crippen molar-refractivity contribution >= 4 is 6.29 Å². The van der Waals surface area contributed by atoms with Crippen LogP contribution in [0.2, 0.25) is 0 Å². The van der Waals surface area contributed by atoms with Crippen LogP contribution in [0.4, 0.5) is 0 Å². The van der Waals surface area contributed by atoms with Gasteiger partial charge in [-0.2, -0.15) is 0 Å². The number of ether oxygens (including phenoxy) is 1. The number of aldehydes is 1. The zero-order valence-electron chi connectivity index (χ0n) is 9.50. The number of hydrogen-bond donors (Lipinski definition) is 0. The van der Waals surface area contributed by atoms with Gasteiger partial charge in [0.05, 0.1) is 0 Å². The molecular formula is C15H14O2. The van der Waals surface area contributed by atoms with Gasteiger partial charge in [0.2, 0.25) is 0 Å². The summed E-state index contributed by atoms with van der Waals surface area (Å²) in [5.41, 5.74) is 1.12. The van der Waals surface area contributed by atoms with Crippen molar-refractivity contribution < 1.29 is 9.53 Å². The van der Waals surface area contributed by atoms with E-state index in [4.69, 9.17) is 4.74 Å². The molecule has 0 fully saturated rings. The van der Waals surface area contributed by atoms with Gasteiger partial charge < -0.3 is 9.53 Å². The zero-order valence-corrected chi connectivity index (χ0v) is 9.50. The maximum absolute atomic E-state index is 10.3. The maximum Gasteiger partial charge on any atom is 0.127 e. The summed E-state index contributed by atoms with van der Waals surface area (Å²) >= 11 is 0. The van der Waals surface area contributed by atoms with E-state index < -0.39 is 0 Å². The van der Waals surface area contributed by atoms with Crippen LogP contribution in [-0.2, 0) is 11.2 Å². The Hall–Kier alpha value is -2.09. The largest absolute Gasteiger partial charge is 0.457 e. The van der Waals surface area contributed by atoms with Crippen molar-refractivity contribution in [2.24, 2.45) is 0 Å². The quantitative estimate of drug-likeness (QED) is 0.728. The summed E-state index contributed by atoms with van der Waals surface area (Å²) in [4.78, 5) is 10.3. The molecule has 0 aliphatic rings. The first-order valence-corrected chi connectivity index (χ1v) is 5.64. The van der Waals surface area contributed by atoms with Crippen molar-refractivity contribution in [3.8, 4) is 11.5 Å². The second-order valence-corrected chi connectivity index (χ2v) is 3.77. The molecule has 2 aromatic carbocycles. The van der Waals surface area contributed by atoms with Crippen molar-refractivity contribution in [1.82, 2.24) is 0 Å². The van der Waals surface area contributed by atoms with E-state index in [0.29, 0.717) is 6.42 Å². The Balaban J connectivity index is 2.08. The van der Waals surface area contributed by atoms with Gasteiger partial charge in [-0.15, -0.1) is 0 Å². The molecule has 0 amide bonds. The highest BCUT2D eigenvalue weighted by Gasteiger charge is 1.98. The minimum absolute atomic E-state index is 0.550. The van der Waals surface area contributed by atoms with Gasteiger partial charge in [0.15, 0.2) is 0 Å². The smallest absolute Gasteiger partial charge is 0.127 e. The molecule has 0 aromatic heterocycles. The van der Waals surface area contributed by atoms with Crippen LogP contribution >= 0.6 is 0 Å². The van der Waals surface area contributed by atoms with Crippen molar-refractivity contribution in [2.75, 3.05) is 0 Å². The van der Waals surface area contributed by atoms with Crippen LogP contribution in [0.25, 0.3) is 0 Å². The Morgan fingerprint density at radius 2 is 1.71 bits per heavy atom. The van der Waals surface area contributed by atoms with Gasteiger partial charge in [-0.05, 0) is 36.2 Å². The van der Waals surface area contributed by atoms with Crippen LogP contribution in [0.1, 0.15) is 12.0 Å². The van der Waals surface area contributed by atoms with E-state index >= 15 is 0 Å². The SMILES string of the molecule is O=CCCc1cccc(Oc2ccccc2)c1. The van der Waals surface area contributed by atoms with Crippen molar-refractivity contribution in [3.05, 3.63) is 60.2 Å². The number of hydrogen-bond acceptors (Lipinski definition) is 2. The van der Waals surface area contributed by atoms with Crippen LogP contribution in [0.5, 0.6) is 11.5 Å². The van der Waals surface area contributed by atoms with Gasteiger partial charge in [-0.25, -0.2) is 0 Å². The second-order valence-electron chi connectivity index (χ2n) is 3.77. The molecule has 0 heterocycles. The topological polar surface area (TPSA) is 26.3 Å². The summed E-state index contributed by atoms with van der Waals surface area (Å²) in [7, 11) is 0. The molecule has 2 aromatic rings. The minimum Gasteiger partial charge on any atom is -0.457 e. The molecule has 0 aliphatic carbocycles. The number of para-hydroxylation sites is 1. The third-order valence-corrected chi connectivity index (χ3v) is 2.43. The summed E-state index contributed by atoms with van der Waals surface area (Å²) in [6.07, 6.45) is 2.25. The van der Waals surface area contributed by atoms with E-state index in [1.807, 2.05) is 54.6 Å². The van der Waals surface area contributed by atoms with Crippen molar-refractivity contribution in [1.29, 1.82) is 0 Å². The Bertz CT molecular complexity index is 477. The molecule has 17 heavy (non-hydrogen) atoms. The molecule has 0 N–H and O–H groups in total. The highest BCUT2D eigenvalue weighted by atomic mass is 16.5. The van der Waals surface area contributed by atoms with Crippen LogP contribution in [0.15, 0.2) is 54.6 Å². The first-order chi connectivity index (χ1) is 8.38. The van der Waals surface area contributed by atoms with Crippen LogP contribution in [0.3, 0.4) is 0 Å². The predicted molar refractivity (Wildman–Crippen MR) is 67.3 cm³/mol. The lowest BCUT2D eigenvalue weighted by molar-refractivity contribution is -0.107. The molecule has 2 nitrogen and oxygen atoms in total. The van der Waals surface area contributed by atoms with E-state index in [-0.39, 0.29) is 0 Å². The van der Waals surface area contributed by atoms with Crippen molar-refractivity contribution in [3.63, 3.8) is 0 Å². The summed E-state index contributed by atoms with van der Waals surface area (Å²) in [5, 5.41) is 0. The molecule has 86 valence electrons. The Labute approximate surface area is 101 Å². The van der Waals surface area contributed by atoms with Gasteiger partial charge in [-0.1, -0.05) is 30.3 Å². The lowest BCUT2D eigenvalue weighted by atomic mass is 10.1. The van der Waals surface area contributed by atoms with E-state index in [1.165, 1.54) is 0 Å². The summed E-state index contributed by atoms with van der Waals surface area (Å²) in [6.45, 7) is 0. The number of aryl methyl sites for hydroxylation is 1. The average molecular weight is 226 g/mol. The number of benzene rings is 2. The van der Waals surface area contributed by atoms with E-state index in [9.17, 15) is 4.79 Å². The first-order valence-electron chi connectivity index (χ1n) is 5.64. The zero-order chi connectivity index (χ0) is 11.9. The minimum atomic E-state index is 0.550. The fraction of sp³-hybridized carbons (Fsp3) is 0.133. The molecule has 0 radical (unpaired) electrons. The normalized spacial score (nSPS) is 9.88. The van der Waals surface area contributed by atoms with Gasteiger partial charge in [-0.3, -0.25) is 0 Å². The molecule has 0 bridgehead atoms. The lowest BCUT2D eigenvalue weighted by Crippen LogP contribution is -1.88. The fourth-order valence-electron chi connectivity index (χ4n) is 1.61. The monoisotopic (exact) mass is 226 g/mol. The molecule has 2 heteroatoms.